The van der Waals surface area contributed by atoms with Crippen molar-refractivity contribution in [2.45, 2.75) is 46.6 Å². The Morgan fingerprint density at radius 3 is 2.26 bits per heavy atom. The predicted octanol–water partition coefficient (Wildman–Crippen LogP) is 1.67. The van der Waals surface area contributed by atoms with Crippen LogP contribution >= 0.6 is 0 Å². The first-order valence-electron chi connectivity index (χ1n) is 6.31. The smallest absolute Gasteiger partial charge is 0.407 e. The normalized spacial score (nSPS) is 12.5. The molecule has 0 aromatic rings. The monoisotopic (exact) mass is 273 g/mol. The third-order valence-electron chi connectivity index (χ3n) is 2.13. The Hall–Kier alpha value is -1.59. The highest BCUT2D eigenvalue weighted by molar-refractivity contribution is 5.96. The second-order valence-electron chi connectivity index (χ2n) is 5.23. The van der Waals surface area contributed by atoms with Crippen molar-refractivity contribution in [3.05, 3.63) is 0 Å². The number of carbonyl (C=O) groups excluding carboxylic acids is 3. The minimum absolute atomic E-state index is 0.132. The van der Waals surface area contributed by atoms with Crippen LogP contribution in [0.3, 0.4) is 0 Å². The Bertz CT molecular complexity index is 332. The van der Waals surface area contributed by atoms with Gasteiger partial charge in [-0.1, -0.05) is 6.92 Å². The maximum Gasteiger partial charge on any atom is 0.407 e. The molecule has 0 heterocycles. The maximum atomic E-state index is 11.6. The first kappa shape index (κ1) is 17.4. The number of rotatable bonds is 6. The van der Waals surface area contributed by atoms with Gasteiger partial charge in [0.1, 0.15) is 17.8 Å². The van der Waals surface area contributed by atoms with Gasteiger partial charge in [0.15, 0.2) is 0 Å². The van der Waals surface area contributed by atoms with E-state index in [2.05, 4.69) is 10.1 Å². The third-order valence-corrected chi connectivity index (χ3v) is 2.13. The van der Waals surface area contributed by atoms with Crippen LogP contribution in [0.4, 0.5) is 4.79 Å². The largest absolute Gasteiger partial charge is 0.466 e. The number of alkyl carbamates (subject to hydrolysis) is 1. The van der Waals surface area contributed by atoms with Crippen LogP contribution in [-0.2, 0) is 19.1 Å². The summed E-state index contributed by atoms with van der Waals surface area (Å²) in [6.45, 7) is 8.95. The minimum atomic E-state index is -0.581. The molecule has 0 radical (unpaired) electrons. The number of hydrogen-bond donors (Lipinski definition) is 1. The van der Waals surface area contributed by atoms with E-state index in [4.69, 9.17) is 4.74 Å². The zero-order valence-electron chi connectivity index (χ0n) is 12.2. The quantitative estimate of drug-likeness (QED) is 0.588. The molecule has 1 amide bonds. The molecule has 0 saturated carbocycles. The van der Waals surface area contributed by atoms with Crippen LogP contribution in [-0.4, -0.2) is 36.6 Å². The van der Waals surface area contributed by atoms with Gasteiger partial charge in [-0.15, -0.1) is 0 Å². The average molecular weight is 273 g/mol. The van der Waals surface area contributed by atoms with E-state index in [-0.39, 0.29) is 25.4 Å². The summed E-state index contributed by atoms with van der Waals surface area (Å²) >= 11 is 0. The van der Waals surface area contributed by atoms with Gasteiger partial charge >= 0.3 is 12.1 Å². The van der Waals surface area contributed by atoms with Gasteiger partial charge in [-0.05, 0) is 27.7 Å². The fourth-order valence-corrected chi connectivity index (χ4v) is 1.19. The molecule has 1 atom stereocenters. The lowest BCUT2D eigenvalue weighted by atomic mass is 10.0. The summed E-state index contributed by atoms with van der Waals surface area (Å²) in [5.41, 5.74) is -0.581. The Balaban J connectivity index is 4.03. The van der Waals surface area contributed by atoms with Gasteiger partial charge in [0.2, 0.25) is 0 Å². The number of nitrogens with one attached hydrogen (secondary N) is 1. The molecule has 6 nitrogen and oxygen atoms in total. The van der Waals surface area contributed by atoms with Crippen LogP contribution < -0.4 is 5.32 Å². The van der Waals surface area contributed by atoms with Gasteiger partial charge in [-0.3, -0.25) is 9.59 Å². The van der Waals surface area contributed by atoms with Crippen molar-refractivity contribution in [2.24, 2.45) is 5.92 Å². The first-order valence-corrected chi connectivity index (χ1v) is 6.31. The molecule has 6 heteroatoms. The van der Waals surface area contributed by atoms with Gasteiger partial charge < -0.3 is 14.8 Å². The molecule has 19 heavy (non-hydrogen) atoms. The topological polar surface area (TPSA) is 81.7 Å². The van der Waals surface area contributed by atoms with E-state index in [0.29, 0.717) is 0 Å². The van der Waals surface area contributed by atoms with Crippen LogP contribution in [0.5, 0.6) is 0 Å². The Kier molecular flexibility index (Phi) is 7.11. The molecule has 110 valence electrons. The second-order valence-corrected chi connectivity index (χ2v) is 5.23. The minimum Gasteiger partial charge on any atom is -0.466 e. The molecule has 0 saturated heterocycles. The summed E-state index contributed by atoms with van der Waals surface area (Å²) in [6, 6.07) is 0. The molecule has 0 aromatic carbocycles. The van der Waals surface area contributed by atoms with Gasteiger partial charge in [0.25, 0.3) is 0 Å². The van der Waals surface area contributed by atoms with Gasteiger partial charge in [0.05, 0.1) is 6.61 Å². The van der Waals surface area contributed by atoms with E-state index in [0.717, 1.165) is 0 Å². The lowest BCUT2D eigenvalue weighted by Crippen LogP contribution is -2.36. The van der Waals surface area contributed by atoms with E-state index in [1.165, 1.54) is 0 Å². The summed E-state index contributed by atoms with van der Waals surface area (Å²) in [6.07, 6.45) is -0.853. The molecule has 0 aromatic heterocycles. The summed E-state index contributed by atoms with van der Waals surface area (Å²) in [5, 5.41) is 2.49. The Morgan fingerprint density at radius 2 is 1.79 bits per heavy atom. The van der Waals surface area contributed by atoms with Gasteiger partial charge in [-0.25, -0.2) is 4.79 Å². The van der Waals surface area contributed by atoms with Gasteiger partial charge in [0, 0.05) is 12.5 Å². The van der Waals surface area contributed by atoms with Crippen LogP contribution in [0.2, 0.25) is 0 Å². The summed E-state index contributed by atoms with van der Waals surface area (Å²) in [4.78, 5) is 34.1. The molecular formula is C13H23NO5. The molecule has 0 aliphatic heterocycles. The van der Waals surface area contributed by atoms with E-state index < -0.39 is 23.6 Å². The predicted molar refractivity (Wildman–Crippen MR) is 69.7 cm³/mol. The van der Waals surface area contributed by atoms with Crippen LogP contribution in [0.25, 0.3) is 0 Å². The van der Waals surface area contributed by atoms with Crippen molar-refractivity contribution in [3.63, 3.8) is 0 Å². The highest BCUT2D eigenvalue weighted by atomic mass is 16.6. The number of esters is 1. The van der Waals surface area contributed by atoms with Crippen LogP contribution in [0.1, 0.15) is 41.0 Å². The van der Waals surface area contributed by atoms with Crippen molar-refractivity contribution in [3.8, 4) is 0 Å². The number of ketones is 1. The fourth-order valence-electron chi connectivity index (χ4n) is 1.19. The maximum absolute atomic E-state index is 11.6. The van der Waals surface area contributed by atoms with E-state index in [1.807, 2.05) is 0 Å². The number of ether oxygens (including phenoxy) is 2. The Morgan fingerprint density at radius 1 is 1.21 bits per heavy atom. The highest BCUT2D eigenvalue weighted by Gasteiger charge is 2.20. The van der Waals surface area contributed by atoms with E-state index in [1.54, 1.807) is 34.6 Å². The van der Waals surface area contributed by atoms with E-state index in [9.17, 15) is 14.4 Å². The molecule has 0 bridgehead atoms. The average Bonchev–Trinajstić information content (AvgIpc) is 2.23. The van der Waals surface area contributed by atoms with E-state index >= 15 is 0 Å². The zero-order chi connectivity index (χ0) is 15.1. The standard InChI is InChI=1S/C13H23NO5/c1-6-18-11(16)7-10(15)9(2)8-14-12(17)19-13(3,4)5/h9H,6-8H2,1-5H3,(H,14,17). The van der Waals surface area contributed by atoms with Crippen molar-refractivity contribution >= 4 is 17.8 Å². The Labute approximate surface area is 113 Å². The summed E-state index contributed by atoms with van der Waals surface area (Å²) in [7, 11) is 0. The van der Waals surface area contributed by atoms with Crippen molar-refractivity contribution in [2.75, 3.05) is 13.2 Å². The summed E-state index contributed by atoms with van der Waals surface area (Å²) in [5.74, 6) is -1.27. The van der Waals surface area contributed by atoms with Gasteiger partial charge in [-0.2, -0.15) is 0 Å². The summed E-state index contributed by atoms with van der Waals surface area (Å²) < 4.78 is 9.72. The highest BCUT2D eigenvalue weighted by Crippen LogP contribution is 2.07. The molecule has 0 rings (SSSR count). The van der Waals surface area contributed by atoms with Crippen LogP contribution in [0, 0.1) is 5.92 Å². The molecule has 1 N–H and O–H groups in total. The molecule has 0 aliphatic rings. The molecule has 1 unspecified atom stereocenters. The number of Topliss-reactive ketones (excluding diaryl/α,β-unsaturated/α-hetero) is 1. The molecule has 0 aliphatic carbocycles. The molecule has 0 fully saturated rings. The first-order chi connectivity index (χ1) is 8.65. The van der Waals surface area contributed by atoms with Crippen molar-refractivity contribution < 1.29 is 23.9 Å². The second kappa shape index (κ2) is 7.76. The number of carbonyl (C=O) groups is 3. The molecule has 0 spiro atoms. The van der Waals surface area contributed by atoms with Crippen LogP contribution in [0.15, 0.2) is 0 Å². The number of amides is 1. The zero-order valence-corrected chi connectivity index (χ0v) is 12.2. The third kappa shape index (κ3) is 9.04. The molecular weight excluding hydrogens is 250 g/mol. The number of hydrogen-bond acceptors (Lipinski definition) is 5. The van der Waals surface area contributed by atoms with Crippen molar-refractivity contribution in [1.29, 1.82) is 0 Å². The SMILES string of the molecule is CCOC(=O)CC(=O)C(C)CNC(=O)OC(C)(C)C. The van der Waals surface area contributed by atoms with Crippen molar-refractivity contribution in [1.82, 2.24) is 5.32 Å². The lowest BCUT2D eigenvalue weighted by Gasteiger charge is -2.20. The lowest BCUT2D eigenvalue weighted by molar-refractivity contribution is -0.146. The fraction of sp³-hybridized carbons (Fsp3) is 0.769.